The zero-order chi connectivity index (χ0) is 14.3. The molecule has 0 heterocycles. The Morgan fingerprint density at radius 1 is 1.37 bits per heavy atom. The van der Waals surface area contributed by atoms with Gasteiger partial charge in [0.05, 0.1) is 24.3 Å². The van der Waals surface area contributed by atoms with Gasteiger partial charge in [-0.25, -0.2) is 8.42 Å². The Hall–Kier alpha value is -1.87. The zero-order valence-electron chi connectivity index (χ0n) is 10.6. The molecule has 1 aromatic rings. The van der Waals surface area contributed by atoms with Gasteiger partial charge in [0.1, 0.15) is 5.75 Å². The quantitative estimate of drug-likeness (QED) is 0.733. The monoisotopic (exact) mass is 281 g/mol. The minimum absolute atomic E-state index is 0.134. The first kappa shape index (κ1) is 15.2. The van der Waals surface area contributed by atoms with Crippen molar-refractivity contribution in [3.63, 3.8) is 0 Å². The molecular formula is C13H15NO4S. The summed E-state index contributed by atoms with van der Waals surface area (Å²) in [6.45, 7) is 1.74. The summed E-state index contributed by atoms with van der Waals surface area (Å²) in [4.78, 5) is 11.2. The van der Waals surface area contributed by atoms with Crippen LogP contribution in [-0.4, -0.2) is 32.5 Å². The Morgan fingerprint density at radius 3 is 2.53 bits per heavy atom. The van der Waals surface area contributed by atoms with Crippen LogP contribution < -0.4 is 0 Å². The Kier molecular flexibility index (Phi) is 5.52. The van der Waals surface area contributed by atoms with Gasteiger partial charge in [0.25, 0.3) is 0 Å². The summed E-state index contributed by atoms with van der Waals surface area (Å²) in [5.74, 6) is -2.63. The molecule has 0 saturated heterocycles. The van der Waals surface area contributed by atoms with E-state index in [0.717, 1.165) is 0 Å². The van der Waals surface area contributed by atoms with Crippen molar-refractivity contribution in [1.29, 1.82) is 5.26 Å². The lowest BCUT2D eigenvalue weighted by Gasteiger charge is -2.09. The Bertz CT molecular complexity index is 560. The molecule has 0 aliphatic rings. The number of nitriles is 1. The van der Waals surface area contributed by atoms with Crippen LogP contribution in [0.5, 0.6) is 0 Å². The third kappa shape index (κ3) is 5.10. The van der Waals surface area contributed by atoms with Crippen LogP contribution in [0.1, 0.15) is 18.4 Å². The summed E-state index contributed by atoms with van der Waals surface area (Å²) >= 11 is 0. The first-order chi connectivity index (χ1) is 8.98. The number of rotatable bonds is 6. The summed E-state index contributed by atoms with van der Waals surface area (Å²) in [5, 5.41) is 9.05. The molecule has 19 heavy (non-hydrogen) atoms. The average Bonchev–Trinajstić information content (AvgIpc) is 2.36. The van der Waals surface area contributed by atoms with E-state index in [2.05, 4.69) is 4.74 Å². The predicted octanol–water partition coefficient (Wildman–Crippen LogP) is 1.27. The number of esters is 1. The van der Waals surface area contributed by atoms with Gasteiger partial charge in [-0.05, 0) is 12.5 Å². The standard InChI is InChI=1S/C13H15NO4S/c1-2-18-13(15)10-19(16,17)9-12(8-14)11-6-4-3-5-7-11/h3-7,12H,2,9-10H2,1H3. The minimum Gasteiger partial charge on any atom is -0.465 e. The van der Waals surface area contributed by atoms with Gasteiger partial charge in [0.15, 0.2) is 9.84 Å². The van der Waals surface area contributed by atoms with Crippen LogP contribution in [0, 0.1) is 11.3 Å². The average molecular weight is 281 g/mol. The first-order valence-electron chi connectivity index (χ1n) is 5.79. The van der Waals surface area contributed by atoms with E-state index in [9.17, 15) is 13.2 Å². The zero-order valence-corrected chi connectivity index (χ0v) is 11.4. The third-order valence-electron chi connectivity index (χ3n) is 2.42. The van der Waals surface area contributed by atoms with Crippen molar-refractivity contribution in [3.05, 3.63) is 35.9 Å². The van der Waals surface area contributed by atoms with Crippen LogP contribution >= 0.6 is 0 Å². The highest BCUT2D eigenvalue weighted by atomic mass is 32.2. The fraction of sp³-hybridized carbons (Fsp3) is 0.385. The summed E-state index contributed by atoms with van der Waals surface area (Å²) in [7, 11) is -3.66. The Balaban J connectivity index is 2.76. The van der Waals surface area contributed by atoms with E-state index in [-0.39, 0.29) is 12.4 Å². The lowest BCUT2D eigenvalue weighted by molar-refractivity contribution is -0.139. The van der Waals surface area contributed by atoms with Crippen LogP contribution in [-0.2, 0) is 19.4 Å². The number of carbonyl (C=O) groups excluding carboxylic acids is 1. The molecule has 0 aliphatic carbocycles. The molecule has 1 aromatic carbocycles. The molecule has 0 aromatic heterocycles. The molecule has 0 fully saturated rings. The van der Waals surface area contributed by atoms with Crippen LogP contribution in [0.2, 0.25) is 0 Å². The van der Waals surface area contributed by atoms with Gasteiger partial charge in [-0.3, -0.25) is 4.79 Å². The summed E-state index contributed by atoms with van der Waals surface area (Å²) in [6.07, 6.45) is 0. The van der Waals surface area contributed by atoms with E-state index in [1.165, 1.54) is 0 Å². The maximum absolute atomic E-state index is 11.8. The molecule has 0 saturated carbocycles. The Labute approximate surface area is 112 Å². The van der Waals surface area contributed by atoms with E-state index >= 15 is 0 Å². The van der Waals surface area contributed by atoms with E-state index in [1.54, 1.807) is 37.3 Å². The van der Waals surface area contributed by atoms with Gasteiger partial charge in [-0.15, -0.1) is 0 Å². The largest absolute Gasteiger partial charge is 0.465 e. The SMILES string of the molecule is CCOC(=O)CS(=O)(=O)CC(C#N)c1ccccc1. The molecular weight excluding hydrogens is 266 g/mol. The van der Waals surface area contributed by atoms with Gasteiger partial charge in [-0.1, -0.05) is 30.3 Å². The lowest BCUT2D eigenvalue weighted by atomic mass is 10.0. The fourth-order valence-electron chi connectivity index (χ4n) is 1.59. The van der Waals surface area contributed by atoms with Crippen molar-refractivity contribution < 1.29 is 17.9 Å². The molecule has 0 bridgehead atoms. The molecule has 1 rings (SSSR count). The van der Waals surface area contributed by atoms with Gasteiger partial charge in [0, 0.05) is 0 Å². The maximum Gasteiger partial charge on any atom is 0.321 e. The molecule has 0 spiro atoms. The highest BCUT2D eigenvalue weighted by Gasteiger charge is 2.23. The molecule has 1 atom stereocenters. The van der Waals surface area contributed by atoms with Crippen LogP contribution in [0.3, 0.4) is 0 Å². The molecule has 6 heteroatoms. The highest BCUT2D eigenvalue weighted by Crippen LogP contribution is 2.17. The molecule has 0 radical (unpaired) electrons. The second kappa shape index (κ2) is 6.90. The topological polar surface area (TPSA) is 84.2 Å². The molecule has 1 unspecified atom stereocenters. The van der Waals surface area contributed by atoms with Crippen molar-refractivity contribution in [2.75, 3.05) is 18.1 Å². The van der Waals surface area contributed by atoms with Crippen LogP contribution in [0.25, 0.3) is 0 Å². The van der Waals surface area contributed by atoms with Crippen molar-refractivity contribution in [1.82, 2.24) is 0 Å². The number of benzene rings is 1. The molecule has 102 valence electrons. The van der Waals surface area contributed by atoms with Crippen LogP contribution in [0.4, 0.5) is 0 Å². The van der Waals surface area contributed by atoms with Crippen molar-refractivity contribution >= 4 is 15.8 Å². The molecule has 5 nitrogen and oxygen atoms in total. The minimum atomic E-state index is -3.66. The predicted molar refractivity (Wildman–Crippen MR) is 70.1 cm³/mol. The van der Waals surface area contributed by atoms with Crippen molar-refractivity contribution in [3.8, 4) is 6.07 Å². The molecule has 0 amide bonds. The summed E-state index contributed by atoms with van der Waals surface area (Å²) in [6, 6.07) is 10.6. The normalized spacial score (nSPS) is 12.4. The summed E-state index contributed by atoms with van der Waals surface area (Å²) < 4.78 is 28.2. The van der Waals surface area contributed by atoms with E-state index in [1.807, 2.05) is 6.07 Å². The second-order valence-electron chi connectivity index (χ2n) is 3.95. The first-order valence-corrected chi connectivity index (χ1v) is 7.61. The molecule has 0 N–H and O–H groups in total. The third-order valence-corrected chi connectivity index (χ3v) is 3.94. The van der Waals surface area contributed by atoms with E-state index < -0.39 is 27.5 Å². The molecule has 0 aliphatic heterocycles. The smallest absolute Gasteiger partial charge is 0.321 e. The lowest BCUT2D eigenvalue weighted by Crippen LogP contribution is -2.23. The number of ether oxygens (including phenoxy) is 1. The van der Waals surface area contributed by atoms with Crippen molar-refractivity contribution in [2.45, 2.75) is 12.8 Å². The van der Waals surface area contributed by atoms with Gasteiger partial charge < -0.3 is 4.74 Å². The van der Waals surface area contributed by atoms with Gasteiger partial charge in [0.2, 0.25) is 0 Å². The fourth-order valence-corrected chi connectivity index (χ4v) is 2.92. The van der Waals surface area contributed by atoms with Gasteiger partial charge >= 0.3 is 5.97 Å². The van der Waals surface area contributed by atoms with Gasteiger partial charge in [-0.2, -0.15) is 5.26 Å². The second-order valence-corrected chi connectivity index (χ2v) is 6.06. The van der Waals surface area contributed by atoms with E-state index in [0.29, 0.717) is 5.56 Å². The number of nitrogens with zero attached hydrogens (tertiary/aromatic N) is 1. The number of carbonyl (C=O) groups is 1. The van der Waals surface area contributed by atoms with Crippen LogP contribution in [0.15, 0.2) is 30.3 Å². The number of hydrogen-bond donors (Lipinski definition) is 0. The number of hydrogen-bond acceptors (Lipinski definition) is 5. The maximum atomic E-state index is 11.8. The van der Waals surface area contributed by atoms with E-state index in [4.69, 9.17) is 5.26 Å². The van der Waals surface area contributed by atoms with Crippen molar-refractivity contribution in [2.24, 2.45) is 0 Å². The number of sulfone groups is 1. The summed E-state index contributed by atoms with van der Waals surface area (Å²) in [5.41, 5.74) is 0.623. The Morgan fingerprint density at radius 2 is 2.00 bits per heavy atom. The highest BCUT2D eigenvalue weighted by molar-refractivity contribution is 7.92.